The van der Waals surface area contributed by atoms with Crippen LogP contribution in [0.4, 0.5) is 0 Å². The van der Waals surface area contributed by atoms with Crippen molar-refractivity contribution in [3.8, 4) is 11.5 Å². The minimum atomic E-state index is 0.264. The second-order valence-corrected chi connectivity index (χ2v) is 4.06. The number of ketones is 1. The minimum absolute atomic E-state index is 0.264. The van der Waals surface area contributed by atoms with Gasteiger partial charge in [0.1, 0.15) is 0 Å². The molecule has 0 N–H and O–H groups in total. The second-order valence-electron chi connectivity index (χ2n) is 4.06. The lowest BCUT2D eigenvalue weighted by Crippen LogP contribution is -1.93. The van der Waals surface area contributed by atoms with Gasteiger partial charge in [-0.25, -0.2) is 0 Å². The van der Waals surface area contributed by atoms with Crippen LogP contribution in [0, 0.1) is 0 Å². The number of carbonyl (C=O) groups is 1. The largest absolute Gasteiger partial charge is 0.493 e. The molecular weight excluding hydrogens is 216 g/mol. The van der Waals surface area contributed by atoms with Gasteiger partial charge in [0.25, 0.3) is 0 Å². The summed E-state index contributed by atoms with van der Waals surface area (Å²) in [6, 6.07) is 5.67. The number of Topliss-reactive ketones (excluding diaryl/α,β-unsaturated/α-hetero) is 1. The fourth-order valence-corrected chi connectivity index (χ4v) is 2.04. The highest BCUT2D eigenvalue weighted by atomic mass is 16.5. The van der Waals surface area contributed by atoms with Gasteiger partial charge in [-0.3, -0.25) is 4.79 Å². The van der Waals surface area contributed by atoms with E-state index in [1.807, 2.05) is 24.3 Å². The van der Waals surface area contributed by atoms with Crippen LogP contribution in [0.25, 0.3) is 6.08 Å². The Bertz CT molecular complexity index is 461. The first-order valence-electron chi connectivity index (χ1n) is 5.70. The number of ether oxygens (including phenoxy) is 2. The summed E-state index contributed by atoms with van der Waals surface area (Å²) in [4.78, 5) is 11.5. The second kappa shape index (κ2) is 5.04. The van der Waals surface area contributed by atoms with E-state index in [4.69, 9.17) is 9.47 Å². The number of rotatable bonds is 3. The molecule has 0 aliphatic heterocycles. The number of allylic oxidation sites excluding steroid dienone is 1. The molecule has 3 nitrogen and oxygen atoms in total. The zero-order valence-electron chi connectivity index (χ0n) is 10.2. The molecule has 1 aromatic rings. The van der Waals surface area contributed by atoms with Gasteiger partial charge in [0.15, 0.2) is 17.3 Å². The molecule has 3 heteroatoms. The quantitative estimate of drug-likeness (QED) is 0.752. The van der Waals surface area contributed by atoms with E-state index < -0.39 is 0 Å². The van der Waals surface area contributed by atoms with Gasteiger partial charge < -0.3 is 9.47 Å². The lowest BCUT2D eigenvalue weighted by atomic mass is 10.1. The molecule has 0 unspecified atom stereocenters. The summed E-state index contributed by atoms with van der Waals surface area (Å²) in [7, 11) is 3.21. The minimum Gasteiger partial charge on any atom is -0.493 e. The summed E-state index contributed by atoms with van der Waals surface area (Å²) in [6.07, 6.45) is 4.47. The predicted molar refractivity (Wildman–Crippen MR) is 66.4 cm³/mol. The first kappa shape index (κ1) is 11.7. The van der Waals surface area contributed by atoms with E-state index in [1.165, 1.54) is 0 Å². The molecule has 1 saturated carbocycles. The Morgan fingerprint density at radius 2 is 1.88 bits per heavy atom. The Kier molecular flexibility index (Phi) is 3.47. The number of carbonyl (C=O) groups excluding carboxylic acids is 1. The third-order valence-corrected chi connectivity index (χ3v) is 2.96. The maximum absolute atomic E-state index is 11.5. The van der Waals surface area contributed by atoms with Gasteiger partial charge >= 0.3 is 0 Å². The van der Waals surface area contributed by atoms with Crippen molar-refractivity contribution in [3.63, 3.8) is 0 Å². The van der Waals surface area contributed by atoms with E-state index in [0.29, 0.717) is 17.9 Å². The van der Waals surface area contributed by atoms with Crippen molar-refractivity contribution >= 4 is 11.9 Å². The standard InChI is InChI=1S/C14H16O3/c1-16-13-7-6-10(9-14(13)17-2)8-11-4-3-5-12(11)15/h6-9H,3-5H2,1-2H3. The topological polar surface area (TPSA) is 35.5 Å². The van der Waals surface area contributed by atoms with E-state index in [1.54, 1.807) is 14.2 Å². The molecule has 1 aliphatic rings. The van der Waals surface area contributed by atoms with Crippen LogP contribution in [-0.2, 0) is 4.79 Å². The average molecular weight is 232 g/mol. The molecule has 90 valence electrons. The van der Waals surface area contributed by atoms with E-state index >= 15 is 0 Å². The monoisotopic (exact) mass is 232 g/mol. The normalized spacial score (nSPS) is 17.5. The van der Waals surface area contributed by atoms with Crippen LogP contribution in [0.2, 0.25) is 0 Å². The summed E-state index contributed by atoms with van der Waals surface area (Å²) < 4.78 is 10.4. The highest BCUT2D eigenvalue weighted by Gasteiger charge is 2.16. The fourth-order valence-electron chi connectivity index (χ4n) is 2.04. The van der Waals surface area contributed by atoms with E-state index in [2.05, 4.69) is 0 Å². The third kappa shape index (κ3) is 2.49. The Morgan fingerprint density at radius 1 is 1.12 bits per heavy atom. The van der Waals surface area contributed by atoms with Gasteiger partial charge in [-0.15, -0.1) is 0 Å². The SMILES string of the molecule is COc1ccc(C=C2CCCC2=O)cc1OC. The molecule has 0 aromatic heterocycles. The number of methoxy groups -OCH3 is 2. The van der Waals surface area contributed by atoms with Crippen LogP contribution in [0.15, 0.2) is 23.8 Å². The smallest absolute Gasteiger partial charge is 0.161 e. The molecule has 0 radical (unpaired) electrons. The molecule has 0 bridgehead atoms. The Labute approximate surface area is 101 Å². The first-order valence-corrected chi connectivity index (χ1v) is 5.70. The van der Waals surface area contributed by atoms with E-state index in [0.717, 1.165) is 24.0 Å². The molecule has 2 rings (SSSR count). The molecule has 0 saturated heterocycles. The van der Waals surface area contributed by atoms with Crippen molar-refractivity contribution in [2.75, 3.05) is 14.2 Å². The van der Waals surface area contributed by atoms with Gasteiger partial charge in [0.05, 0.1) is 14.2 Å². The zero-order chi connectivity index (χ0) is 12.3. The van der Waals surface area contributed by atoms with Crippen molar-refractivity contribution in [1.29, 1.82) is 0 Å². The van der Waals surface area contributed by atoms with Crippen LogP contribution in [0.5, 0.6) is 11.5 Å². The van der Waals surface area contributed by atoms with Crippen molar-refractivity contribution in [2.45, 2.75) is 19.3 Å². The highest BCUT2D eigenvalue weighted by Crippen LogP contribution is 2.30. The molecular formula is C14H16O3. The molecule has 0 amide bonds. The Hall–Kier alpha value is -1.77. The van der Waals surface area contributed by atoms with Gasteiger partial charge in [-0.1, -0.05) is 6.07 Å². The highest BCUT2D eigenvalue weighted by molar-refractivity contribution is 6.01. The lowest BCUT2D eigenvalue weighted by Gasteiger charge is -2.08. The molecule has 1 fully saturated rings. The molecule has 17 heavy (non-hydrogen) atoms. The third-order valence-electron chi connectivity index (χ3n) is 2.96. The summed E-state index contributed by atoms with van der Waals surface area (Å²) in [6.45, 7) is 0. The summed E-state index contributed by atoms with van der Waals surface area (Å²) in [5.41, 5.74) is 1.89. The van der Waals surface area contributed by atoms with Gasteiger partial charge in [0, 0.05) is 6.42 Å². The van der Waals surface area contributed by atoms with Crippen LogP contribution in [-0.4, -0.2) is 20.0 Å². The van der Waals surface area contributed by atoms with E-state index in [9.17, 15) is 4.79 Å². The van der Waals surface area contributed by atoms with Gasteiger partial charge in [0.2, 0.25) is 0 Å². The predicted octanol–water partition coefficient (Wildman–Crippen LogP) is 2.84. The van der Waals surface area contributed by atoms with Crippen LogP contribution in [0.3, 0.4) is 0 Å². The van der Waals surface area contributed by atoms with E-state index in [-0.39, 0.29) is 5.78 Å². The van der Waals surface area contributed by atoms with Crippen molar-refractivity contribution < 1.29 is 14.3 Å². The molecule has 0 atom stereocenters. The van der Waals surface area contributed by atoms with Crippen LogP contribution >= 0.6 is 0 Å². The Morgan fingerprint density at radius 3 is 2.47 bits per heavy atom. The molecule has 0 spiro atoms. The molecule has 1 aromatic carbocycles. The van der Waals surface area contributed by atoms with Crippen molar-refractivity contribution in [1.82, 2.24) is 0 Å². The van der Waals surface area contributed by atoms with Crippen LogP contribution in [0.1, 0.15) is 24.8 Å². The first-order chi connectivity index (χ1) is 8.24. The van der Waals surface area contributed by atoms with Crippen molar-refractivity contribution in [3.05, 3.63) is 29.3 Å². The Balaban J connectivity index is 2.31. The van der Waals surface area contributed by atoms with Gasteiger partial charge in [-0.2, -0.15) is 0 Å². The summed E-state index contributed by atoms with van der Waals surface area (Å²) >= 11 is 0. The average Bonchev–Trinajstić information content (AvgIpc) is 2.75. The van der Waals surface area contributed by atoms with Crippen molar-refractivity contribution in [2.24, 2.45) is 0 Å². The summed E-state index contributed by atoms with van der Waals surface area (Å²) in [5.74, 6) is 1.65. The zero-order valence-corrected chi connectivity index (χ0v) is 10.2. The number of hydrogen-bond acceptors (Lipinski definition) is 3. The molecule has 0 heterocycles. The summed E-state index contributed by atoms with van der Waals surface area (Å²) in [5, 5.41) is 0. The maximum Gasteiger partial charge on any atom is 0.161 e. The number of benzene rings is 1. The number of hydrogen-bond donors (Lipinski definition) is 0. The lowest BCUT2D eigenvalue weighted by molar-refractivity contribution is -0.114. The molecule has 1 aliphatic carbocycles. The maximum atomic E-state index is 11.5. The van der Waals surface area contributed by atoms with Crippen LogP contribution < -0.4 is 9.47 Å². The fraction of sp³-hybridized carbons (Fsp3) is 0.357. The van der Waals surface area contributed by atoms with Gasteiger partial charge in [-0.05, 0) is 42.2 Å².